The molecule has 0 aromatic heterocycles. The number of carbonyl (C=O) groups is 1. The van der Waals surface area contributed by atoms with Crippen LogP contribution in [0.2, 0.25) is 0 Å². The van der Waals surface area contributed by atoms with Gasteiger partial charge in [0.25, 0.3) is 0 Å². The van der Waals surface area contributed by atoms with E-state index in [0.29, 0.717) is 11.6 Å². The van der Waals surface area contributed by atoms with Gasteiger partial charge >= 0.3 is 0 Å². The van der Waals surface area contributed by atoms with Crippen LogP contribution in [0.4, 0.5) is 0 Å². The summed E-state index contributed by atoms with van der Waals surface area (Å²) in [7, 11) is 4.98. The van der Waals surface area contributed by atoms with Crippen LogP contribution >= 0.6 is 8.07 Å². The third-order valence-corrected chi connectivity index (χ3v) is 4.37. The van der Waals surface area contributed by atoms with Crippen molar-refractivity contribution in [2.75, 3.05) is 27.3 Å². The van der Waals surface area contributed by atoms with Crippen molar-refractivity contribution in [2.24, 2.45) is 0 Å². The molecule has 0 saturated carbocycles. The quantitative estimate of drug-likeness (QED) is 0.515. The molecule has 1 aliphatic heterocycles. The Balaban J connectivity index is 2.65. The Kier molecular flexibility index (Phi) is 3.59. The maximum Gasteiger partial charge on any atom is 0.187 e. The van der Waals surface area contributed by atoms with Gasteiger partial charge in [0.05, 0.1) is 6.04 Å². The van der Waals surface area contributed by atoms with Gasteiger partial charge in [-0.05, 0) is 21.1 Å². The summed E-state index contributed by atoms with van der Waals surface area (Å²) in [5.74, 6) is 0. The zero-order chi connectivity index (χ0) is 9.14. The maximum absolute atomic E-state index is 11.6. The first kappa shape index (κ1) is 10.1. The molecule has 5 heteroatoms. The number of nitrogens with one attached hydrogen (secondary N) is 3. The lowest BCUT2D eigenvalue weighted by Crippen LogP contribution is -2.45. The summed E-state index contributed by atoms with van der Waals surface area (Å²) in [6.07, 6.45) is 0.937. The van der Waals surface area contributed by atoms with E-state index in [1.807, 2.05) is 21.1 Å². The standard InChI is InChI=1S/C7H16N3OP/c1-8-5-4-12(10-3)7(11)6(5)9-2/h5-6,8-10H,4H2,1-3H3. The van der Waals surface area contributed by atoms with E-state index in [9.17, 15) is 4.79 Å². The van der Waals surface area contributed by atoms with E-state index in [2.05, 4.69) is 15.7 Å². The monoisotopic (exact) mass is 189 g/mol. The van der Waals surface area contributed by atoms with Crippen molar-refractivity contribution >= 4 is 13.6 Å². The molecule has 3 atom stereocenters. The average Bonchev–Trinajstić information content (AvgIpc) is 2.41. The smallest absolute Gasteiger partial charge is 0.187 e. The van der Waals surface area contributed by atoms with E-state index < -0.39 is 8.07 Å². The van der Waals surface area contributed by atoms with E-state index >= 15 is 0 Å². The van der Waals surface area contributed by atoms with Crippen molar-refractivity contribution in [3.05, 3.63) is 0 Å². The van der Waals surface area contributed by atoms with E-state index in [1.54, 1.807) is 0 Å². The van der Waals surface area contributed by atoms with Gasteiger partial charge in [-0.3, -0.25) is 9.88 Å². The fraction of sp³-hybridized carbons (Fsp3) is 0.857. The number of likely N-dealkylation sites (N-methyl/N-ethyl adjacent to an activating group) is 2. The van der Waals surface area contributed by atoms with Crippen molar-refractivity contribution in [3.63, 3.8) is 0 Å². The number of rotatable bonds is 3. The SMILES string of the molecule is CNC1CP(NC)C(=O)C1NC. The van der Waals surface area contributed by atoms with Gasteiger partial charge in [0, 0.05) is 20.3 Å². The highest BCUT2D eigenvalue weighted by molar-refractivity contribution is 7.73. The molecule has 3 unspecified atom stereocenters. The van der Waals surface area contributed by atoms with Crippen LogP contribution in [-0.4, -0.2) is 44.9 Å². The van der Waals surface area contributed by atoms with Crippen LogP contribution in [0.25, 0.3) is 0 Å². The van der Waals surface area contributed by atoms with Crippen molar-refractivity contribution < 1.29 is 4.79 Å². The van der Waals surface area contributed by atoms with E-state index in [0.717, 1.165) is 6.16 Å². The Morgan fingerprint density at radius 1 is 1.33 bits per heavy atom. The predicted molar refractivity (Wildman–Crippen MR) is 51.5 cm³/mol. The molecule has 12 heavy (non-hydrogen) atoms. The molecule has 0 aromatic rings. The topological polar surface area (TPSA) is 53.2 Å². The van der Waals surface area contributed by atoms with Crippen molar-refractivity contribution in [1.29, 1.82) is 0 Å². The minimum Gasteiger partial charge on any atom is -0.315 e. The lowest BCUT2D eigenvalue weighted by Gasteiger charge is -2.15. The minimum absolute atomic E-state index is 0.00596. The van der Waals surface area contributed by atoms with Gasteiger partial charge < -0.3 is 10.6 Å². The van der Waals surface area contributed by atoms with Gasteiger partial charge in [-0.1, -0.05) is 0 Å². The lowest BCUT2D eigenvalue weighted by atomic mass is 10.2. The Morgan fingerprint density at radius 2 is 2.00 bits per heavy atom. The van der Waals surface area contributed by atoms with Crippen LogP contribution in [0.1, 0.15) is 0 Å². The summed E-state index contributed by atoms with van der Waals surface area (Å²) in [5, 5.41) is 9.27. The number of carbonyl (C=O) groups excluding carboxylic acids is 1. The Labute approximate surface area is 74.3 Å². The highest BCUT2D eigenvalue weighted by Gasteiger charge is 2.39. The van der Waals surface area contributed by atoms with Gasteiger partial charge in [0.15, 0.2) is 5.52 Å². The van der Waals surface area contributed by atoms with Gasteiger partial charge in [0.1, 0.15) is 0 Å². The van der Waals surface area contributed by atoms with Crippen molar-refractivity contribution in [1.82, 2.24) is 15.7 Å². The molecular formula is C7H16N3OP. The molecule has 0 bridgehead atoms. The average molecular weight is 189 g/mol. The van der Waals surface area contributed by atoms with Crippen LogP contribution in [0, 0.1) is 0 Å². The van der Waals surface area contributed by atoms with E-state index in [-0.39, 0.29) is 6.04 Å². The molecule has 70 valence electrons. The largest absolute Gasteiger partial charge is 0.315 e. The summed E-state index contributed by atoms with van der Waals surface area (Å²) in [6.45, 7) is 0. The second-order valence-corrected chi connectivity index (χ2v) is 4.94. The van der Waals surface area contributed by atoms with E-state index in [1.165, 1.54) is 0 Å². The molecule has 4 nitrogen and oxygen atoms in total. The molecule has 0 spiro atoms. The molecule has 1 aliphatic rings. The molecule has 0 aromatic carbocycles. The van der Waals surface area contributed by atoms with Crippen LogP contribution in [-0.2, 0) is 4.79 Å². The van der Waals surface area contributed by atoms with Crippen LogP contribution in [0.5, 0.6) is 0 Å². The molecule has 0 amide bonds. The van der Waals surface area contributed by atoms with Gasteiger partial charge in [-0.15, -0.1) is 0 Å². The first-order chi connectivity index (χ1) is 5.74. The summed E-state index contributed by atoms with van der Waals surface area (Å²) in [6, 6.07) is 0.287. The molecule has 1 fully saturated rings. The number of hydrogen-bond donors (Lipinski definition) is 3. The van der Waals surface area contributed by atoms with Gasteiger partial charge in [-0.25, -0.2) is 0 Å². The Hall–Kier alpha value is -0.0200. The maximum atomic E-state index is 11.6. The number of hydrogen-bond acceptors (Lipinski definition) is 4. The second kappa shape index (κ2) is 4.28. The summed E-state index contributed by atoms with van der Waals surface area (Å²) < 4.78 is 0. The van der Waals surface area contributed by atoms with Gasteiger partial charge in [-0.2, -0.15) is 0 Å². The lowest BCUT2D eigenvalue weighted by molar-refractivity contribution is -0.113. The molecule has 0 aliphatic carbocycles. The molecule has 3 N–H and O–H groups in total. The van der Waals surface area contributed by atoms with E-state index in [4.69, 9.17) is 0 Å². The summed E-state index contributed by atoms with van der Waals surface area (Å²) >= 11 is 0. The highest BCUT2D eigenvalue weighted by Crippen LogP contribution is 2.40. The molecule has 1 rings (SSSR count). The van der Waals surface area contributed by atoms with Crippen LogP contribution in [0.15, 0.2) is 0 Å². The molecule has 1 heterocycles. The Morgan fingerprint density at radius 3 is 2.33 bits per heavy atom. The molecule has 1 saturated heterocycles. The summed E-state index contributed by atoms with van der Waals surface area (Å²) in [4.78, 5) is 11.6. The molecule has 0 radical (unpaired) electrons. The zero-order valence-electron chi connectivity index (χ0n) is 7.72. The predicted octanol–water partition coefficient (Wildman–Crippen LogP) is -0.681. The minimum atomic E-state index is -0.608. The van der Waals surface area contributed by atoms with Gasteiger partial charge in [0.2, 0.25) is 0 Å². The van der Waals surface area contributed by atoms with Crippen molar-refractivity contribution in [3.8, 4) is 0 Å². The van der Waals surface area contributed by atoms with Crippen LogP contribution < -0.4 is 15.7 Å². The molecular weight excluding hydrogens is 173 g/mol. The zero-order valence-corrected chi connectivity index (χ0v) is 8.61. The Bertz CT molecular complexity index is 176. The first-order valence-electron chi connectivity index (χ1n) is 4.08. The third kappa shape index (κ3) is 1.67. The fourth-order valence-corrected chi connectivity index (χ4v) is 3.53. The van der Waals surface area contributed by atoms with Crippen LogP contribution in [0.3, 0.4) is 0 Å². The third-order valence-electron chi connectivity index (χ3n) is 2.27. The second-order valence-electron chi connectivity index (χ2n) is 2.83. The fourth-order valence-electron chi connectivity index (χ4n) is 1.52. The normalized spacial score (nSPS) is 35.9. The first-order valence-corrected chi connectivity index (χ1v) is 5.60. The highest BCUT2D eigenvalue weighted by atomic mass is 31.1. The summed E-state index contributed by atoms with van der Waals surface area (Å²) in [5.41, 5.74) is 0.328. The van der Waals surface area contributed by atoms with Crippen molar-refractivity contribution in [2.45, 2.75) is 12.1 Å².